The molecule has 0 saturated heterocycles. The van der Waals surface area contributed by atoms with Crippen molar-refractivity contribution >= 4 is 22.3 Å². The summed E-state index contributed by atoms with van der Waals surface area (Å²) < 4.78 is 0. The van der Waals surface area contributed by atoms with Crippen molar-refractivity contribution in [1.29, 1.82) is 0 Å². The van der Waals surface area contributed by atoms with E-state index in [1.54, 1.807) is 6.08 Å². The van der Waals surface area contributed by atoms with Gasteiger partial charge >= 0.3 is 0 Å². The molecule has 1 heterocycles. The van der Waals surface area contributed by atoms with Gasteiger partial charge in [-0.1, -0.05) is 48.5 Å². The van der Waals surface area contributed by atoms with Crippen LogP contribution in [0, 0.1) is 0 Å². The Labute approximate surface area is 153 Å². The normalized spacial score (nSPS) is 13.0. The zero-order valence-electron chi connectivity index (χ0n) is 15.1. The Morgan fingerprint density at radius 2 is 1.69 bits per heavy atom. The molecule has 0 N–H and O–H groups in total. The Balaban J connectivity index is 1.90. The number of aromatic nitrogens is 2. The van der Waals surface area contributed by atoms with Crippen molar-refractivity contribution in [2.45, 2.75) is 20.3 Å². The van der Waals surface area contributed by atoms with Crippen molar-refractivity contribution in [2.24, 2.45) is 0 Å². The van der Waals surface area contributed by atoms with Crippen molar-refractivity contribution < 1.29 is 4.79 Å². The maximum absolute atomic E-state index is 12.7. The number of ketones is 1. The van der Waals surface area contributed by atoms with Crippen LogP contribution in [0.1, 0.15) is 41.2 Å². The first-order valence-electron chi connectivity index (χ1n) is 9.06. The molecule has 26 heavy (non-hydrogen) atoms. The van der Waals surface area contributed by atoms with Gasteiger partial charge in [-0.25, -0.2) is 0 Å². The second-order valence-corrected chi connectivity index (χ2v) is 6.45. The van der Waals surface area contributed by atoms with Gasteiger partial charge in [-0.15, -0.1) is 5.10 Å². The van der Waals surface area contributed by atoms with E-state index < -0.39 is 0 Å². The molecule has 130 valence electrons. The van der Waals surface area contributed by atoms with E-state index in [1.165, 1.54) is 5.56 Å². The molecular formula is C22H21N3O. The highest BCUT2D eigenvalue weighted by Crippen LogP contribution is 2.34. The quantitative estimate of drug-likeness (QED) is 0.700. The fourth-order valence-electron chi connectivity index (χ4n) is 3.64. The maximum Gasteiger partial charge on any atom is 0.188 e. The molecule has 0 spiro atoms. The summed E-state index contributed by atoms with van der Waals surface area (Å²) in [6.07, 6.45) is 2.40. The third-order valence-corrected chi connectivity index (χ3v) is 4.98. The van der Waals surface area contributed by atoms with Crippen molar-refractivity contribution in [3.8, 4) is 0 Å². The SMILES string of the molecule is CCN(CC)C1=CC(=O)c2cccc3c(Cc4ccccc4)nnc1c23. The van der Waals surface area contributed by atoms with E-state index in [1.807, 2.05) is 36.4 Å². The lowest BCUT2D eigenvalue weighted by molar-refractivity contribution is 0.104. The minimum atomic E-state index is 0.0451. The second kappa shape index (κ2) is 6.71. The van der Waals surface area contributed by atoms with Crippen LogP contribution < -0.4 is 0 Å². The monoisotopic (exact) mass is 343 g/mol. The van der Waals surface area contributed by atoms with Crippen LogP contribution in [0.25, 0.3) is 16.5 Å². The van der Waals surface area contributed by atoms with Gasteiger partial charge in [0.1, 0.15) is 5.69 Å². The number of hydrogen-bond donors (Lipinski definition) is 0. The van der Waals surface area contributed by atoms with Gasteiger partial charge < -0.3 is 4.90 Å². The summed E-state index contributed by atoms with van der Waals surface area (Å²) in [5, 5.41) is 11.0. The molecule has 0 aliphatic heterocycles. The number of rotatable bonds is 5. The zero-order valence-corrected chi connectivity index (χ0v) is 15.1. The summed E-state index contributed by atoms with van der Waals surface area (Å²) >= 11 is 0. The topological polar surface area (TPSA) is 46.1 Å². The third-order valence-electron chi connectivity index (χ3n) is 4.98. The molecule has 3 aromatic rings. The molecule has 1 aliphatic rings. The Kier molecular flexibility index (Phi) is 4.25. The van der Waals surface area contributed by atoms with Gasteiger partial charge in [-0.2, -0.15) is 5.10 Å². The van der Waals surface area contributed by atoms with Crippen LogP contribution in [-0.4, -0.2) is 34.0 Å². The van der Waals surface area contributed by atoms with Gasteiger partial charge in [-0.3, -0.25) is 4.79 Å². The predicted molar refractivity (Wildman–Crippen MR) is 104 cm³/mol. The molecule has 0 bridgehead atoms. The molecule has 4 rings (SSSR count). The Bertz CT molecular complexity index is 1000. The minimum Gasteiger partial charge on any atom is -0.370 e. The number of allylic oxidation sites excluding steroid dienone is 1. The molecule has 4 heteroatoms. The van der Waals surface area contributed by atoms with Crippen LogP contribution in [0.3, 0.4) is 0 Å². The van der Waals surface area contributed by atoms with Crippen molar-refractivity contribution in [2.75, 3.05) is 13.1 Å². The lowest BCUT2D eigenvalue weighted by Crippen LogP contribution is -2.25. The smallest absolute Gasteiger partial charge is 0.188 e. The predicted octanol–water partition coefficient (Wildman–Crippen LogP) is 4.10. The van der Waals surface area contributed by atoms with Crippen molar-refractivity contribution in [3.05, 3.63) is 77.1 Å². The molecule has 0 unspecified atom stereocenters. The molecular weight excluding hydrogens is 322 g/mol. The fraction of sp³-hybridized carbons (Fsp3) is 0.227. The number of benzene rings is 2. The molecule has 1 aliphatic carbocycles. The van der Waals surface area contributed by atoms with E-state index in [0.29, 0.717) is 6.42 Å². The van der Waals surface area contributed by atoms with Crippen LogP contribution in [0.4, 0.5) is 0 Å². The van der Waals surface area contributed by atoms with Crippen molar-refractivity contribution in [1.82, 2.24) is 15.1 Å². The summed E-state index contributed by atoms with van der Waals surface area (Å²) in [6, 6.07) is 16.1. The lowest BCUT2D eigenvalue weighted by Gasteiger charge is -2.27. The van der Waals surface area contributed by atoms with E-state index in [0.717, 1.165) is 46.5 Å². The highest BCUT2D eigenvalue weighted by Gasteiger charge is 2.26. The van der Waals surface area contributed by atoms with E-state index in [2.05, 4.69) is 41.1 Å². The molecule has 2 aromatic carbocycles. The Morgan fingerprint density at radius 1 is 0.923 bits per heavy atom. The molecule has 1 aromatic heterocycles. The van der Waals surface area contributed by atoms with E-state index in [4.69, 9.17) is 0 Å². The van der Waals surface area contributed by atoms with Gasteiger partial charge in [0.05, 0.1) is 11.4 Å². The van der Waals surface area contributed by atoms with E-state index >= 15 is 0 Å². The zero-order chi connectivity index (χ0) is 18.1. The molecule has 0 fully saturated rings. The minimum absolute atomic E-state index is 0.0451. The largest absolute Gasteiger partial charge is 0.370 e. The molecule has 0 amide bonds. The number of nitrogens with zero attached hydrogens (tertiary/aromatic N) is 3. The highest BCUT2D eigenvalue weighted by atomic mass is 16.1. The van der Waals surface area contributed by atoms with Gasteiger partial charge in [0.15, 0.2) is 5.78 Å². The van der Waals surface area contributed by atoms with Gasteiger partial charge in [0.25, 0.3) is 0 Å². The molecule has 0 atom stereocenters. The first kappa shape index (κ1) is 16.5. The average molecular weight is 343 g/mol. The summed E-state index contributed by atoms with van der Waals surface area (Å²) in [7, 11) is 0. The first-order chi connectivity index (χ1) is 12.7. The Hall–Kier alpha value is -3.01. The molecule has 4 nitrogen and oxygen atoms in total. The Morgan fingerprint density at radius 3 is 2.42 bits per heavy atom. The maximum atomic E-state index is 12.7. The first-order valence-corrected chi connectivity index (χ1v) is 9.06. The summed E-state index contributed by atoms with van der Waals surface area (Å²) in [4.78, 5) is 14.9. The number of hydrogen-bond acceptors (Lipinski definition) is 4. The summed E-state index contributed by atoms with van der Waals surface area (Å²) in [5.41, 5.74) is 4.50. The average Bonchev–Trinajstić information content (AvgIpc) is 2.68. The van der Waals surface area contributed by atoms with Gasteiger partial charge in [-0.05, 0) is 19.4 Å². The number of carbonyl (C=O) groups excluding carboxylic acids is 1. The molecule has 0 saturated carbocycles. The van der Waals surface area contributed by atoms with Crippen LogP contribution in [0.2, 0.25) is 0 Å². The standard InChI is InChI=1S/C22H21N3O/c1-3-25(4-2)19-14-20(26)17-12-8-11-16-18(23-24-22(19)21(16)17)13-15-9-6-5-7-10-15/h5-12,14H,3-4,13H2,1-2H3. The van der Waals surface area contributed by atoms with Crippen LogP contribution in [0.5, 0.6) is 0 Å². The number of carbonyl (C=O) groups is 1. The third kappa shape index (κ3) is 2.68. The highest BCUT2D eigenvalue weighted by molar-refractivity contribution is 6.21. The second-order valence-electron chi connectivity index (χ2n) is 6.45. The van der Waals surface area contributed by atoms with Crippen LogP contribution in [0.15, 0.2) is 54.6 Å². The molecule has 0 radical (unpaired) electrons. The van der Waals surface area contributed by atoms with Gasteiger partial charge in [0.2, 0.25) is 0 Å². The van der Waals surface area contributed by atoms with E-state index in [9.17, 15) is 4.79 Å². The van der Waals surface area contributed by atoms with Crippen molar-refractivity contribution in [3.63, 3.8) is 0 Å². The van der Waals surface area contributed by atoms with Crippen LogP contribution in [-0.2, 0) is 6.42 Å². The summed E-state index contributed by atoms with van der Waals surface area (Å²) in [5.74, 6) is 0.0451. The van der Waals surface area contributed by atoms with Gasteiger partial charge in [0, 0.05) is 41.9 Å². The summed E-state index contributed by atoms with van der Waals surface area (Å²) in [6.45, 7) is 5.83. The van der Waals surface area contributed by atoms with Crippen LogP contribution >= 0.6 is 0 Å². The fourth-order valence-corrected chi connectivity index (χ4v) is 3.64. The van der Waals surface area contributed by atoms with E-state index in [-0.39, 0.29) is 5.78 Å². The lowest BCUT2D eigenvalue weighted by atomic mass is 9.92.